The highest BCUT2D eigenvalue weighted by molar-refractivity contribution is 6.03. The summed E-state index contributed by atoms with van der Waals surface area (Å²) in [6, 6.07) is 5.78. The van der Waals surface area contributed by atoms with Crippen LogP contribution >= 0.6 is 0 Å². The number of nitrogens with one attached hydrogen (secondary N) is 1. The van der Waals surface area contributed by atoms with Gasteiger partial charge in [-0.15, -0.1) is 0 Å². The Balaban J connectivity index is 2.00. The van der Waals surface area contributed by atoms with Crippen LogP contribution in [0.3, 0.4) is 0 Å². The first-order chi connectivity index (χ1) is 14.6. The number of benzene rings is 2. The smallest absolute Gasteiger partial charge is 0.416 e. The van der Waals surface area contributed by atoms with Crippen LogP contribution in [0.25, 0.3) is 10.9 Å². The zero-order chi connectivity index (χ0) is 22.5. The number of nitrogens with zero attached hydrogens (tertiary/aromatic N) is 1. The lowest BCUT2D eigenvalue weighted by molar-refractivity contribution is -0.137. The van der Waals surface area contributed by atoms with Crippen molar-refractivity contribution in [2.45, 2.75) is 19.1 Å². The molecule has 162 valence electrons. The molecule has 2 N–H and O–H groups in total. The monoisotopic (exact) mass is 436 g/mol. The average Bonchev–Trinajstić information content (AvgIpc) is 2.72. The molecule has 6 nitrogen and oxygen atoms in total. The summed E-state index contributed by atoms with van der Waals surface area (Å²) < 4.78 is 59.4. The minimum Gasteiger partial charge on any atom is -0.506 e. The lowest BCUT2D eigenvalue weighted by atomic mass is 9.99. The third kappa shape index (κ3) is 3.28. The zero-order valence-electron chi connectivity index (χ0n) is 16.1. The summed E-state index contributed by atoms with van der Waals surface area (Å²) in [5.74, 6) is -2.83. The number of hydrogen-bond donors (Lipinski definition) is 2. The third-order valence-electron chi connectivity index (χ3n) is 5.17. The molecule has 31 heavy (non-hydrogen) atoms. The van der Waals surface area contributed by atoms with E-state index in [1.54, 1.807) is 0 Å². The molecule has 0 fully saturated rings. The Morgan fingerprint density at radius 1 is 1.23 bits per heavy atom. The van der Waals surface area contributed by atoms with Gasteiger partial charge in [-0.05, 0) is 36.8 Å². The van der Waals surface area contributed by atoms with E-state index in [1.165, 1.54) is 25.1 Å². The predicted octanol–water partition coefficient (Wildman–Crippen LogP) is 4.06. The zero-order valence-corrected chi connectivity index (χ0v) is 16.1. The summed E-state index contributed by atoms with van der Waals surface area (Å²) in [6.45, 7) is 1.51. The Morgan fingerprint density at radius 2 is 1.90 bits per heavy atom. The molecule has 1 unspecified atom stereocenters. The van der Waals surface area contributed by atoms with Gasteiger partial charge < -0.3 is 15.2 Å². The number of alkyl halides is 3. The van der Waals surface area contributed by atoms with E-state index in [9.17, 15) is 32.3 Å². The van der Waals surface area contributed by atoms with Crippen molar-refractivity contribution in [2.75, 3.05) is 18.5 Å². The Labute approximate surface area is 172 Å². The van der Waals surface area contributed by atoms with Gasteiger partial charge in [0.15, 0.2) is 5.56 Å². The van der Waals surface area contributed by atoms with Crippen molar-refractivity contribution in [3.05, 3.63) is 69.3 Å². The quantitative estimate of drug-likeness (QED) is 0.478. The van der Waals surface area contributed by atoms with Gasteiger partial charge in [-0.2, -0.15) is 13.2 Å². The number of ether oxygens (including phenoxy) is 1. The fraction of sp³-hybridized carbons (Fsp3) is 0.238. The van der Waals surface area contributed by atoms with E-state index in [1.807, 2.05) is 0 Å². The van der Waals surface area contributed by atoms with Gasteiger partial charge in [0.25, 0.3) is 5.56 Å². The predicted molar refractivity (Wildman–Crippen MR) is 104 cm³/mol. The van der Waals surface area contributed by atoms with Crippen molar-refractivity contribution in [1.82, 2.24) is 4.57 Å². The Bertz CT molecular complexity index is 1250. The maximum absolute atomic E-state index is 14.7. The number of esters is 1. The van der Waals surface area contributed by atoms with Gasteiger partial charge in [0.05, 0.1) is 34.8 Å². The van der Waals surface area contributed by atoms with Crippen molar-refractivity contribution < 1.29 is 32.2 Å². The van der Waals surface area contributed by atoms with Gasteiger partial charge in [0.2, 0.25) is 0 Å². The lowest BCUT2D eigenvalue weighted by Gasteiger charge is -2.30. The number of rotatable bonds is 3. The number of aromatic nitrogens is 1. The number of carbonyl (C=O) groups excluding carboxylic acids is 1. The van der Waals surface area contributed by atoms with Crippen molar-refractivity contribution >= 4 is 22.6 Å². The maximum Gasteiger partial charge on any atom is 0.416 e. The normalized spacial score (nSPS) is 15.6. The van der Waals surface area contributed by atoms with Crippen molar-refractivity contribution in [3.8, 4) is 5.75 Å². The molecular weight excluding hydrogens is 420 g/mol. The molecule has 0 saturated carbocycles. The topological polar surface area (TPSA) is 80.6 Å². The molecule has 0 radical (unpaired) electrons. The minimum absolute atomic E-state index is 0.00620. The van der Waals surface area contributed by atoms with Crippen LogP contribution in [0.5, 0.6) is 5.75 Å². The Hall–Kier alpha value is -3.56. The van der Waals surface area contributed by atoms with Crippen LogP contribution in [0.4, 0.5) is 23.2 Å². The summed E-state index contributed by atoms with van der Waals surface area (Å²) in [4.78, 5) is 25.6. The molecule has 1 aromatic heterocycles. The molecule has 10 heteroatoms. The molecule has 2 aromatic carbocycles. The van der Waals surface area contributed by atoms with Gasteiger partial charge in [-0.3, -0.25) is 9.36 Å². The SMILES string of the molecule is CCOC(=O)c1c(O)c2c(F)ccc3c2n(c1=O)C(c1ccc(C(F)(F)F)cc1)CN3. The van der Waals surface area contributed by atoms with Crippen LogP contribution in [0.2, 0.25) is 0 Å². The van der Waals surface area contributed by atoms with E-state index in [2.05, 4.69) is 5.32 Å². The number of hydrogen-bond acceptors (Lipinski definition) is 5. The van der Waals surface area contributed by atoms with E-state index < -0.39 is 46.4 Å². The van der Waals surface area contributed by atoms with E-state index in [0.717, 1.165) is 22.8 Å². The summed E-state index contributed by atoms with van der Waals surface area (Å²) in [5, 5.41) is 13.2. The molecule has 2 heterocycles. The van der Waals surface area contributed by atoms with Gasteiger partial charge in [0.1, 0.15) is 11.6 Å². The summed E-state index contributed by atoms with van der Waals surface area (Å²) in [5.41, 5.74) is -1.85. The number of carbonyl (C=O) groups is 1. The lowest BCUT2D eigenvalue weighted by Crippen LogP contribution is -2.37. The molecule has 0 bridgehead atoms. The van der Waals surface area contributed by atoms with E-state index in [0.29, 0.717) is 11.3 Å². The number of aromatic hydroxyl groups is 1. The molecule has 0 saturated heterocycles. The standard InChI is InChI=1S/C21H16F4N2O4/c1-2-31-20(30)16-18(28)15-12(22)7-8-13-17(15)27(19(16)29)14(9-26-13)10-3-5-11(6-4-10)21(23,24)25/h3-8,14,26,28H,2,9H2,1H3. The molecule has 1 aliphatic rings. The highest BCUT2D eigenvalue weighted by atomic mass is 19.4. The maximum atomic E-state index is 14.7. The second kappa shape index (κ2) is 7.29. The van der Waals surface area contributed by atoms with Crippen LogP contribution in [-0.4, -0.2) is 28.8 Å². The first kappa shape index (κ1) is 20.7. The fourth-order valence-corrected chi connectivity index (χ4v) is 3.78. The highest BCUT2D eigenvalue weighted by Gasteiger charge is 2.34. The molecule has 1 atom stereocenters. The highest BCUT2D eigenvalue weighted by Crippen LogP contribution is 2.39. The first-order valence-corrected chi connectivity index (χ1v) is 9.33. The minimum atomic E-state index is -4.53. The number of halogens is 4. The summed E-state index contributed by atoms with van der Waals surface area (Å²) >= 11 is 0. The average molecular weight is 436 g/mol. The van der Waals surface area contributed by atoms with Crippen LogP contribution in [-0.2, 0) is 10.9 Å². The molecule has 4 rings (SSSR count). The van der Waals surface area contributed by atoms with Crippen LogP contribution in [0, 0.1) is 5.82 Å². The van der Waals surface area contributed by atoms with E-state index in [-0.39, 0.29) is 24.1 Å². The molecule has 0 aliphatic carbocycles. The molecule has 3 aromatic rings. The van der Waals surface area contributed by atoms with Crippen molar-refractivity contribution in [2.24, 2.45) is 0 Å². The summed E-state index contributed by atoms with van der Waals surface area (Å²) in [7, 11) is 0. The molecule has 1 aliphatic heterocycles. The van der Waals surface area contributed by atoms with Crippen LogP contribution < -0.4 is 10.9 Å². The molecular formula is C21H16F4N2O4. The van der Waals surface area contributed by atoms with Crippen molar-refractivity contribution in [3.63, 3.8) is 0 Å². The van der Waals surface area contributed by atoms with Gasteiger partial charge in [-0.1, -0.05) is 12.1 Å². The Morgan fingerprint density at radius 3 is 2.52 bits per heavy atom. The van der Waals surface area contributed by atoms with Crippen LogP contribution in [0.15, 0.2) is 41.2 Å². The first-order valence-electron chi connectivity index (χ1n) is 9.33. The third-order valence-corrected chi connectivity index (χ3v) is 5.17. The van der Waals surface area contributed by atoms with Crippen LogP contribution in [0.1, 0.15) is 34.5 Å². The second-order valence-electron chi connectivity index (χ2n) is 6.95. The van der Waals surface area contributed by atoms with Gasteiger partial charge >= 0.3 is 12.1 Å². The summed E-state index contributed by atoms with van der Waals surface area (Å²) in [6.07, 6.45) is -4.53. The van der Waals surface area contributed by atoms with Gasteiger partial charge in [0, 0.05) is 6.54 Å². The number of anilines is 1. The Kier molecular flexibility index (Phi) is 4.87. The van der Waals surface area contributed by atoms with Gasteiger partial charge in [-0.25, -0.2) is 9.18 Å². The van der Waals surface area contributed by atoms with Crippen molar-refractivity contribution in [1.29, 1.82) is 0 Å². The number of pyridine rings is 1. The molecule has 0 amide bonds. The largest absolute Gasteiger partial charge is 0.506 e. The van der Waals surface area contributed by atoms with E-state index >= 15 is 0 Å². The van der Waals surface area contributed by atoms with E-state index in [4.69, 9.17) is 4.74 Å². The second-order valence-corrected chi connectivity index (χ2v) is 6.95. The molecule has 0 spiro atoms. The fourth-order valence-electron chi connectivity index (χ4n) is 3.78.